The molecule has 1 saturated heterocycles. The molecular weight excluding hydrogens is 466 g/mol. The molecule has 0 saturated carbocycles. The van der Waals surface area contributed by atoms with Crippen LogP contribution in [-0.4, -0.2) is 45.3 Å². The van der Waals surface area contributed by atoms with Gasteiger partial charge in [0.25, 0.3) is 11.8 Å². The zero-order valence-corrected chi connectivity index (χ0v) is 18.6. The number of nitrogens with zero attached hydrogens (tertiary/aromatic N) is 4. The fourth-order valence-corrected chi connectivity index (χ4v) is 4.70. The van der Waals surface area contributed by atoms with E-state index >= 15 is 0 Å². The van der Waals surface area contributed by atoms with E-state index in [4.69, 9.17) is 11.6 Å². The van der Waals surface area contributed by atoms with Crippen LogP contribution in [0.3, 0.4) is 0 Å². The molecule has 3 aromatic rings. The van der Waals surface area contributed by atoms with Gasteiger partial charge in [0.1, 0.15) is 5.01 Å². The highest BCUT2D eigenvalue weighted by atomic mass is 35.5. The first-order valence-electron chi connectivity index (χ1n) is 10.0. The number of rotatable bonds is 5. The fraction of sp³-hybridized carbons (Fsp3) is 0.182. The number of halogens is 1. The molecule has 2 aliphatic rings. The first kappa shape index (κ1) is 21.2. The summed E-state index contributed by atoms with van der Waals surface area (Å²) >= 11 is 6.98. The molecule has 1 N–H and O–H groups in total. The number of aromatic nitrogens is 2. The van der Waals surface area contributed by atoms with Crippen molar-refractivity contribution in [2.24, 2.45) is 5.92 Å². The van der Waals surface area contributed by atoms with Gasteiger partial charge in [-0.2, -0.15) is 0 Å². The normalized spacial score (nSPS) is 17.6. The van der Waals surface area contributed by atoms with E-state index in [1.165, 1.54) is 0 Å². The van der Waals surface area contributed by atoms with Gasteiger partial charge in [0, 0.05) is 23.7 Å². The predicted molar refractivity (Wildman–Crippen MR) is 121 cm³/mol. The van der Waals surface area contributed by atoms with Crippen molar-refractivity contribution in [2.75, 3.05) is 16.8 Å². The van der Waals surface area contributed by atoms with Crippen molar-refractivity contribution in [3.8, 4) is 0 Å². The number of imide groups is 1. The van der Waals surface area contributed by atoms with Gasteiger partial charge in [0.2, 0.25) is 16.9 Å². The average Bonchev–Trinajstić information content (AvgIpc) is 3.48. The number of anilines is 2. The van der Waals surface area contributed by atoms with Gasteiger partial charge in [-0.25, -0.2) is 0 Å². The molecule has 166 valence electrons. The predicted octanol–water partition coefficient (Wildman–Crippen LogP) is 2.98. The van der Waals surface area contributed by atoms with E-state index in [0.29, 0.717) is 26.8 Å². The minimum absolute atomic E-state index is 0.0356. The lowest BCUT2D eigenvalue weighted by Gasteiger charge is -2.16. The summed E-state index contributed by atoms with van der Waals surface area (Å²) in [4.78, 5) is 52.8. The number of hydrogen-bond acceptors (Lipinski definition) is 7. The third-order valence-corrected chi connectivity index (χ3v) is 6.58. The molecule has 1 unspecified atom stereocenters. The van der Waals surface area contributed by atoms with E-state index in [1.807, 2.05) is 0 Å². The molecule has 3 heterocycles. The molecule has 4 amide bonds. The Kier molecular flexibility index (Phi) is 5.39. The highest BCUT2D eigenvalue weighted by Gasteiger charge is 2.37. The lowest BCUT2D eigenvalue weighted by atomic mass is 10.1. The molecule has 1 fully saturated rings. The van der Waals surface area contributed by atoms with E-state index in [2.05, 4.69) is 15.5 Å². The van der Waals surface area contributed by atoms with Crippen LogP contribution in [0.2, 0.25) is 5.02 Å². The molecule has 9 nitrogen and oxygen atoms in total. The molecule has 11 heteroatoms. The SMILES string of the molecule is O=C(Nc1nnc(CN2C(=O)c3ccccc3C2=O)s1)C1CC(=O)N(c2ccc(Cl)cc2)C1. The number of benzene rings is 2. The van der Waals surface area contributed by atoms with Gasteiger partial charge in [-0.3, -0.25) is 24.1 Å². The van der Waals surface area contributed by atoms with Crippen LogP contribution < -0.4 is 10.2 Å². The first-order chi connectivity index (χ1) is 15.9. The van der Waals surface area contributed by atoms with Crippen molar-refractivity contribution in [1.29, 1.82) is 0 Å². The molecule has 0 bridgehead atoms. The van der Waals surface area contributed by atoms with Crippen molar-refractivity contribution in [2.45, 2.75) is 13.0 Å². The standard InChI is InChI=1S/C22H16ClN5O4S/c23-13-5-7-14(8-6-13)27-10-12(9-18(27)29)19(30)24-22-26-25-17(33-22)11-28-20(31)15-3-1-2-4-16(15)21(28)32/h1-8,12H,9-11H2,(H,24,26,30). The third kappa shape index (κ3) is 3.98. The summed E-state index contributed by atoms with van der Waals surface area (Å²) in [6.45, 7) is 0.207. The number of nitrogens with one attached hydrogen (secondary N) is 1. The van der Waals surface area contributed by atoms with Gasteiger partial charge in [-0.05, 0) is 36.4 Å². The van der Waals surface area contributed by atoms with E-state index in [-0.39, 0.29) is 48.3 Å². The molecule has 5 rings (SSSR count). The Labute approximate surface area is 197 Å². The van der Waals surface area contributed by atoms with E-state index in [0.717, 1.165) is 16.2 Å². The Balaban J connectivity index is 1.22. The van der Waals surface area contributed by atoms with Gasteiger partial charge >= 0.3 is 0 Å². The monoisotopic (exact) mass is 481 g/mol. The van der Waals surface area contributed by atoms with E-state index in [1.54, 1.807) is 53.4 Å². The summed E-state index contributed by atoms with van der Waals surface area (Å²) in [5.74, 6) is -1.81. The van der Waals surface area contributed by atoms with Gasteiger partial charge in [-0.15, -0.1) is 10.2 Å². The molecule has 1 aromatic heterocycles. The van der Waals surface area contributed by atoms with Crippen LogP contribution in [0.25, 0.3) is 0 Å². The Morgan fingerprint density at radius 3 is 2.36 bits per heavy atom. The van der Waals surface area contributed by atoms with Crippen molar-refractivity contribution in [1.82, 2.24) is 15.1 Å². The summed E-state index contributed by atoms with van der Waals surface area (Å²) in [6, 6.07) is 13.5. The number of carbonyl (C=O) groups excluding carboxylic acids is 4. The van der Waals surface area contributed by atoms with Crippen LogP contribution in [0.1, 0.15) is 32.1 Å². The molecule has 33 heavy (non-hydrogen) atoms. The lowest BCUT2D eigenvalue weighted by Crippen LogP contribution is -2.29. The lowest BCUT2D eigenvalue weighted by molar-refractivity contribution is -0.122. The Bertz CT molecular complexity index is 1260. The van der Waals surface area contributed by atoms with Crippen LogP contribution in [0.4, 0.5) is 10.8 Å². The van der Waals surface area contributed by atoms with E-state index in [9.17, 15) is 19.2 Å². The summed E-state index contributed by atoms with van der Waals surface area (Å²) < 4.78 is 0. The molecule has 1 atom stereocenters. The van der Waals surface area contributed by atoms with Crippen molar-refractivity contribution in [3.05, 3.63) is 69.7 Å². The third-order valence-electron chi connectivity index (χ3n) is 5.50. The van der Waals surface area contributed by atoms with Gasteiger partial charge in [-0.1, -0.05) is 35.1 Å². The van der Waals surface area contributed by atoms with Gasteiger partial charge in [0.15, 0.2) is 0 Å². The zero-order valence-electron chi connectivity index (χ0n) is 17.0. The summed E-state index contributed by atoms with van der Waals surface area (Å²) in [5.41, 5.74) is 1.40. The average molecular weight is 482 g/mol. The molecule has 2 aromatic carbocycles. The minimum atomic E-state index is -0.545. The minimum Gasteiger partial charge on any atom is -0.312 e. The highest BCUT2D eigenvalue weighted by molar-refractivity contribution is 7.15. The molecule has 0 radical (unpaired) electrons. The quantitative estimate of drug-likeness (QED) is 0.560. The maximum Gasteiger partial charge on any atom is 0.261 e. The molecular formula is C22H16ClN5O4S. The Morgan fingerprint density at radius 2 is 1.70 bits per heavy atom. The summed E-state index contributed by atoms with van der Waals surface area (Å²) in [6.07, 6.45) is 0.0785. The molecule has 0 aliphatic carbocycles. The second-order valence-electron chi connectivity index (χ2n) is 7.61. The van der Waals surface area contributed by atoms with Crippen LogP contribution in [0.15, 0.2) is 48.5 Å². The Morgan fingerprint density at radius 1 is 1.03 bits per heavy atom. The Hall–Kier alpha value is -3.63. The molecule has 2 aliphatic heterocycles. The largest absolute Gasteiger partial charge is 0.312 e. The van der Waals surface area contributed by atoms with Crippen molar-refractivity contribution < 1.29 is 19.2 Å². The van der Waals surface area contributed by atoms with Crippen molar-refractivity contribution in [3.63, 3.8) is 0 Å². The van der Waals surface area contributed by atoms with Crippen LogP contribution in [-0.2, 0) is 16.1 Å². The number of fused-ring (bicyclic) bond motifs is 1. The summed E-state index contributed by atoms with van der Waals surface area (Å²) in [5, 5.41) is 11.8. The van der Waals surface area contributed by atoms with Gasteiger partial charge in [0.05, 0.1) is 23.6 Å². The van der Waals surface area contributed by atoms with Crippen molar-refractivity contribution >= 4 is 57.4 Å². The topological polar surface area (TPSA) is 113 Å². The zero-order chi connectivity index (χ0) is 23.1. The van der Waals surface area contributed by atoms with Crippen LogP contribution >= 0.6 is 22.9 Å². The summed E-state index contributed by atoms with van der Waals surface area (Å²) in [7, 11) is 0. The highest BCUT2D eigenvalue weighted by Crippen LogP contribution is 2.29. The number of carbonyl (C=O) groups is 4. The fourth-order valence-electron chi connectivity index (χ4n) is 3.85. The second-order valence-corrected chi connectivity index (χ2v) is 9.11. The van der Waals surface area contributed by atoms with E-state index < -0.39 is 5.92 Å². The van der Waals surface area contributed by atoms with Crippen LogP contribution in [0.5, 0.6) is 0 Å². The smallest absolute Gasteiger partial charge is 0.261 e. The number of amides is 4. The number of hydrogen-bond donors (Lipinski definition) is 1. The van der Waals surface area contributed by atoms with Gasteiger partial charge < -0.3 is 10.2 Å². The first-order valence-corrected chi connectivity index (χ1v) is 11.2. The molecule has 0 spiro atoms. The maximum atomic E-state index is 12.7. The van der Waals surface area contributed by atoms with Crippen LogP contribution in [0, 0.1) is 5.92 Å². The second kappa shape index (κ2) is 8.38. The maximum absolute atomic E-state index is 12.7.